The number of pyridine rings is 1. The zero-order valence-corrected chi connectivity index (χ0v) is 12.9. The fraction of sp³-hybridized carbons (Fsp3) is 0.375. The standard InChI is InChI=1S/C16H13F6NO2/c1-10-6-11-4-2-3-5-12(11)8-23(10)9-13(24)7-14(25,15(17,18)19)16(20,21)22/h2-6,8H,7,9H2,1H3. The number of Topliss-reactive ketones (excluding diaryl/α,β-unsaturated/α-hetero) is 1. The van der Waals surface area contributed by atoms with E-state index in [1.54, 1.807) is 37.3 Å². The molecule has 0 radical (unpaired) electrons. The van der Waals surface area contributed by atoms with Gasteiger partial charge in [-0.05, 0) is 11.5 Å². The quantitative estimate of drug-likeness (QED) is 0.618. The van der Waals surface area contributed by atoms with Crippen LogP contribution in [0.2, 0.25) is 0 Å². The Morgan fingerprint density at radius 2 is 1.56 bits per heavy atom. The van der Waals surface area contributed by atoms with E-state index in [2.05, 4.69) is 0 Å². The minimum Gasteiger partial charge on any atom is -0.836 e. The Hall–Kier alpha value is -2.16. The van der Waals surface area contributed by atoms with Gasteiger partial charge >= 0.3 is 12.4 Å². The zero-order valence-electron chi connectivity index (χ0n) is 12.9. The van der Waals surface area contributed by atoms with E-state index in [4.69, 9.17) is 0 Å². The molecule has 0 aliphatic heterocycles. The summed E-state index contributed by atoms with van der Waals surface area (Å²) in [6.45, 7) is 0.796. The number of carbonyl (C=O) groups excluding carboxylic acids is 1. The summed E-state index contributed by atoms with van der Waals surface area (Å²) in [7, 11) is 0. The monoisotopic (exact) mass is 365 g/mol. The van der Waals surface area contributed by atoms with Crippen LogP contribution in [0.5, 0.6) is 0 Å². The maximum absolute atomic E-state index is 12.6. The molecule has 136 valence electrons. The molecule has 0 amide bonds. The highest BCUT2D eigenvalue weighted by Crippen LogP contribution is 2.43. The van der Waals surface area contributed by atoms with Gasteiger partial charge in [0, 0.05) is 24.8 Å². The van der Waals surface area contributed by atoms with Crippen LogP contribution in [0.25, 0.3) is 10.8 Å². The molecule has 2 rings (SSSR count). The Morgan fingerprint density at radius 1 is 1.04 bits per heavy atom. The molecule has 0 saturated carbocycles. The summed E-state index contributed by atoms with van der Waals surface area (Å²) >= 11 is 0. The van der Waals surface area contributed by atoms with Crippen LogP contribution in [-0.2, 0) is 11.3 Å². The normalized spacial score (nSPS) is 13.3. The molecular weight excluding hydrogens is 352 g/mol. The van der Waals surface area contributed by atoms with E-state index in [1.807, 2.05) is 0 Å². The second-order valence-corrected chi connectivity index (χ2v) is 5.71. The Labute approximate surface area is 138 Å². The first kappa shape index (κ1) is 19.2. The minimum absolute atomic E-state index is 0.461. The molecule has 0 spiro atoms. The second kappa shape index (κ2) is 6.29. The van der Waals surface area contributed by atoms with Crippen molar-refractivity contribution in [3.05, 3.63) is 42.2 Å². The first-order chi connectivity index (χ1) is 11.3. The molecule has 0 atom stereocenters. The molecule has 1 aromatic heterocycles. The molecule has 25 heavy (non-hydrogen) atoms. The summed E-state index contributed by atoms with van der Waals surface area (Å²) in [4.78, 5) is 11.8. The van der Waals surface area contributed by atoms with Gasteiger partial charge in [-0.25, -0.2) is 0 Å². The molecule has 0 aliphatic rings. The van der Waals surface area contributed by atoms with Crippen LogP contribution in [0.4, 0.5) is 26.3 Å². The van der Waals surface area contributed by atoms with Gasteiger partial charge in [0.15, 0.2) is 17.7 Å². The number of carbonyl (C=O) groups is 1. The number of aryl methyl sites for hydroxylation is 1. The number of ketones is 1. The van der Waals surface area contributed by atoms with Gasteiger partial charge in [-0.2, -0.15) is 30.9 Å². The summed E-state index contributed by atoms with van der Waals surface area (Å²) in [5.74, 6) is -1.45. The Bertz CT molecular complexity index is 783. The Morgan fingerprint density at radius 3 is 2.08 bits per heavy atom. The molecule has 0 N–H and O–H groups in total. The number of rotatable bonds is 4. The zero-order chi connectivity index (χ0) is 19.0. The summed E-state index contributed by atoms with van der Waals surface area (Å²) in [5, 5.41) is 12.8. The Kier molecular flexibility index (Phi) is 4.82. The van der Waals surface area contributed by atoms with Gasteiger partial charge in [-0.15, -0.1) is 0 Å². The van der Waals surface area contributed by atoms with Gasteiger partial charge in [0.25, 0.3) is 0 Å². The molecule has 2 aromatic rings. The van der Waals surface area contributed by atoms with Crippen molar-refractivity contribution < 1.29 is 40.8 Å². The van der Waals surface area contributed by atoms with Crippen LogP contribution >= 0.6 is 0 Å². The van der Waals surface area contributed by atoms with Gasteiger partial charge in [0.1, 0.15) is 0 Å². The first-order valence-corrected chi connectivity index (χ1v) is 7.09. The van der Waals surface area contributed by atoms with Crippen LogP contribution in [0.15, 0.2) is 36.5 Å². The van der Waals surface area contributed by atoms with Gasteiger partial charge in [-0.3, -0.25) is 4.79 Å². The number of hydrogen-bond donors (Lipinski definition) is 0. The third-order valence-electron chi connectivity index (χ3n) is 3.82. The smallest absolute Gasteiger partial charge is 0.388 e. The van der Waals surface area contributed by atoms with E-state index in [0.717, 1.165) is 5.39 Å². The lowest BCUT2D eigenvalue weighted by Gasteiger charge is -2.42. The first-order valence-electron chi connectivity index (χ1n) is 7.09. The molecule has 0 saturated heterocycles. The van der Waals surface area contributed by atoms with Crippen molar-refractivity contribution in [1.82, 2.24) is 0 Å². The van der Waals surface area contributed by atoms with Crippen LogP contribution in [-0.4, -0.2) is 23.7 Å². The van der Waals surface area contributed by atoms with Crippen molar-refractivity contribution >= 4 is 16.6 Å². The molecule has 0 unspecified atom stereocenters. The number of hydrogen-bond acceptors (Lipinski definition) is 2. The van der Waals surface area contributed by atoms with E-state index in [0.29, 0.717) is 11.1 Å². The summed E-state index contributed by atoms with van der Waals surface area (Å²) in [5.41, 5.74) is -4.86. The molecule has 0 bridgehead atoms. The van der Waals surface area contributed by atoms with Gasteiger partial charge in [0.05, 0.1) is 5.60 Å². The van der Waals surface area contributed by atoms with Gasteiger partial charge < -0.3 is 5.11 Å². The lowest BCUT2D eigenvalue weighted by Crippen LogP contribution is -2.67. The van der Waals surface area contributed by atoms with Crippen molar-refractivity contribution in [2.24, 2.45) is 0 Å². The average Bonchev–Trinajstić information content (AvgIpc) is 2.45. The lowest BCUT2D eigenvalue weighted by atomic mass is 9.95. The fourth-order valence-corrected chi connectivity index (χ4v) is 2.39. The highest BCUT2D eigenvalue weighted by atomic mass is 19.4. The van der Waals surface area contributed by atoms with Gasteiger partial charge in [-0.1, -0.05) is 18.2 Å². The van der Waals surface area contributed by atoms with E-state index >= 15 is 0 Å². The van der Waals surface area contributed by atoms with Crippen LogP contribution in [0, 0.1) is 6.92 Å². The highest BCUT2D eigenvalue weighted by molar-refractivity contribution is 5.81. The van der Waals surface area contributed by atoms with Gasteiger partial charge in [0.2, 0.25) is 6.54 Å². The number of aromatic nitrogens is 1. The predicted octanol–water partition coefficient (Wildman–Crippen LogP) is 2.62. The highest BCUT2D eigenvalue weighted by Gasteiger charge is 2.62. The van der Waals surface area contributed by atoms with Crippen molar-refractivity contribution in [3.8, 4) is 0 Å². The van der Waals surface area contributed by atoms with E-state index in [1.165, 1.54) is 10.8 Å². The predicted molar refractivity (Wildman–Crippen MR) is 73.3 cm³/mol. The van der Waals surface area contributed by atoms with Crippen molar-refractivity contribution in [2.45, 2.75) is 37.8 Å². The SMILES string of the molecule is Cc1cc2ccccc2c[n+]1CC(=O)CC([O-])(C(F)(F)F)C(F)(F)F. The van der Waals surface area contributed by atoms with Crippen molar-refractivity contribution in [1.29, 1.82) is 0 Å². The molecule has 0 fully saturated rings. The van der Waals surface area contributed by atoms with E-state index < -0.39 is 36.7 Å². The van der Waals surface area contributed by atoms with Crippen LogP contribution in [0.3, 0.4) is 0 Å². The minimum atomic E-state index is -6.12. The third kappa shape index (κ3) is 3.76. The molecule has 1 heterocycles. The molecule has 1 aromatic carbocycles. The van der Waals surface area contributed by atoms with E-state index in [9.17, 15) is 36.2 Å². The largest absolute Gasteiger partial charge is 0.836 e. The third-order valence-corrected chi connectivity index (χ3v) is 3.82. The summed E-state index contributed by atoms with van der Waals surface area (Å²) in [6, 6.07) is 8.54. The van der Waals surface area contributed by atoms with Crippen molar-refractivity contribution in [2.75, 3.05) is 0 Å². The number of benzene rings is 1. The van der Waals surface area contributed by atoms with Crippen LogP contribution < -0.4 is 9.67 Å². The molecule has 9 heteroatoms. The maximum atomic E-state index is 12.6. The number of nitrogens with zero attached hydrogens (tertiary/aromatic N) is 1. The average molecular weight is 365 g/mol. The molecule has 3 nitrogen and oxygen atoms in total. The number of halogens is 6. The number of fused-ring (bicyclic) bond motifs is 1. The maximum Gasteiger partial charge on any atom is 0.388 e. The Balaban J connectivity index is 2.29. The fourth-order valence-electron chi connectivity index (χ4n) is 2.39. The lowest BCUT2D eigenvalue weighted by molar-refractivity contribution is -0.689. The van der Waals surface area contributed by atoms with Crippen LogP contribution in [0.1, 0.15) is 12.1 Å². The summed E-state index contributed by atoms with van der Waals surface area (Å²) < 4.78 is 76.8. The van der Waals surface area contributed by atoms with Crippen molar-refractivity contribution in [3.63, 3.8) is 0 Å². The number of alkyl halides is 6. The summed E-state index contributed by atoms with van der Waals surface area (Å²) in [6.07, 6.45) is -13.0. The molecular formula is C16H13F6NO2. The van der Waals surface area contributed by atoms with E-state index in [-0.39, 0.29) is 0 Å². The topological polar surface area (TPSA) is 44.0 Å². The molecule has 0 aliphatic carbocycles. The second-order valence-electron chi connectivity index (χ2n) is 5.71.